The lowest BCUT2D eigenvalue weighted by molar-refractivity contribution is 0.411. The van der Waals surface area contributed by atoms with Gasteiger partial charge in [0.2, 0.25) is 0 Å². The number of halogens is 1. The fraction of sp³-hybridized carbons (Fsp3) is 0.286. The summed E-state index contributed by atoms with van der Waals surface area (Å²) in [5, 5.41) is 14.0. The van der Waals surface area contributed by atoms with Gasteiger partial charge < -0.3 is 4.74 Å². The lowest BCUT2D eigenvalue weighted by atomic mass is 10.1. The Balaban J connectivity index is 2.69. The normalized spacial score (nSPS) is 10.5. The van der Waals surface area contributed by atoms with Crippen molar-refractivity contribution < 1.29 is 4.74 Å². The van der Waals surface area contributed by atoms with Gasteiger partial charge in [-0.2, -0.15) is 10.4 Å². The van der Waals surface area contributed by atoms with Gasteiger partial charge in [-0.15, -0.1) is 0 Å². The van der Waals surface area contributed by atoms with Crippen molar-refractivity contribution >= 4 is 11.6 Å². The zero-order valence-electron chi connectivity index (χ0n) is 11.0. The van der Waals surface area contributed by atoms with Crippen molar-refractivity contribution in [3.63, 3.8) is 0 Å². The Morgan fingerprint density at radius 1 is 1.42 bits per heavy atom. The van der Waals surface area contributed by atoms with Crippen molar-refractivity contribution in [3.8, 4) is 17.5 Å². The molecule has 0 amide bonds. The Kier molecular flexibility index (Phi) is 3.77. The molecule has 5 heteroatoms. The molecule has 1 aromatic heterocycles. The van der Waals surface area contributed by atoms with Crippen LogP contribution in [0.1, 0.15) is 31.0 Å². The molecule has 0 N–H and O–H groups in total. The molecule has 0 aliphatic carbocycles. The lowest BCUT2D eigenvalue weighted by Gasteiger charge is -2.14. The summed E-state index contributed by atoms with van der Waals surface area (Å²) in [6, 6.07) is 7.49. The van der Waals surface area contributed by atoms with Gasteiger partial charge in [0.25, 0.3) is 0 Å². The summed E-state index contributed by atoms with van der Waals surface area (Å²) in [5.41, 5.74) is 2.15. The highest BCUT2D eigenvalue weighted by atomic mass is 35.5. The summed E-state index contributed by atoms with van der Waals surface area (Å²) in [4.78, 5) is 0. The first kappa shape index (κ1) is 13.4. The van der Waals surface area contributed by atoms with Crippen molar-refractivity contribution in [2.45, 2.75) is 19.8 Å². The molecule has 0 aliphatic heterocycles. The molecule has 2 aromatic rings. The number of nitriles is 1. The minimum Gasteiger partial charge on any atom is -0.494 e. The Hall–Kier alpha value is -1.99. The van der Waals surface area contributed by atoms with Gasteiger partial charge in [0.05, 0.1) is 24.6 Å². The Morgan fingerprint density at radius 2 is 2.16 bits per heavy atom. The maximum absolute atomic E-state index is 9.15. The maximum atomic E-state index is 9.15. The molecule has 0 unspecified atom stereocenters. The predicted octanol–water partition coefficient (Wildman–Crippen LogP) is 3.53. The first-order valence-electron chi connectivity index (χ1n) is 5.90. The van der Waals surface area contributed by atoms with E-state index in [2.05, 4.69) is 11.2 Å². The molecule has 98 valence electrons. The highest BCUT2D eigenvalue weighted by Gasteiger charge is 2.18. The van der Waals surface area contributed by atoms with Gasteiger partial charge in [0.1, 0.15) is 17.5 Å². The lowest BCUT2D eigenvalue weighted by Crippen LogP contribution is -2.06. The zero-order chi connectivity index (χ0) is 14.0. The third kappa shape index (κ3) is 2.42. The highest BCUT2D eigenvalue weighted by Crippen LogP contribution is 2.30. The van der Waals surface area contributed by atoms with Crippen LogP contribution >= 0.6 is 11.6 Å². The number of methoxy groups -OCH3 is 1. The van der Waals surface area contributed by atoms with Crippen LogP contribution in [0.5, 0.6) is 5.75 Å². The number of aromatic nitrogens is 2. The number of nitrogens with zero attached hydrogens (tertiary/aromatic N) is 3. The van der Waals surface area contributed by atoms with Gasteiger partial charge in [-0.1, -0.05) is 25.4 Å². The van der Waals surface area contributed by atoms with E-state index < -0.39 is 0 Å². The van der Waals surface area contributed by atoms with E-state index in [9.17, 15) is 0 Å². The third-order valence-corrected chi connectivity index (χ3v) is 3.08. The molecule has 1 heterocycles. The van der Waals surface area contributed by atoms with Crippen LogP contribution in [0.3, 0.4) is 0 Å². The van der Waals surface area contributed by atoms with Crippen LogP contribution < -0.4 is 4.74 Å². The molecule has 1 aromatic carbocycles. The van der Waals surface area contributed by atoms with E-state index in [1.165, 1.54) is 0 Å². The number of benzene rings is 1. The second-order valence-corrected chi connectivity index (χ2v) is 4.87. The molecule has 0 fully saturated rings. The minimum absolute atomic E-state index is 0.167. The van der Waals surface area contributed by atoms with Crippen LogP contribution in [-0.2, 0) is 0 Å². The van der Waals surface area contributed by atoms with Crippen molar-refractivity contribution in [2.75, 3.05) is 7.11 Å². The molecule has 0 atom stereocenters. The smallest absolute Gasteiger partial charge is 0.144 e. The van der Waals surface area contributed by atoms with Crippen LogP contribution in [0, 0.1) is 11.3 Å². The van der Waals surface area contributed by atoms with Gasteiger partial charge in [0, 0.05) is 5.02 Å². The monoisotopic (exact) mass is 275 g/mol. The van der Waals surface area contributed by atoms with E-state index in [-0.39, 0.29) is 5.92 Å². The molecule has 4 nitrogen and oxygen atoms in total. The van der Waals surface area contributed by atoms with Crippen molar-refractivity contribution in [1.82, 2.24) is 9.78 Å². The van der Waals surface area contributed by atoms with Crippen LogP contribution in [0.2, 0.25) is 5.02 Å². The van der Waals surface area contributed by atoms with Gasteiger partial charge >= 0.3 is 0 Å². The minimum atomic E-state index is 0.167. The number of hydrogen-bond donors (Lipinski definition) is 0. The van der Waals surface area contributed by atoms with Crippen LogP contribution in [0.25, 0.3) is 5.69 Å². The summed E-state index contributed by atoms with van der Waals surface area (Å²) < 4.78 is 7.05. The van der Waals surface area contributed by atoms with Crippen molar-refractivity contribution in [1.29, 1.82) is 5.26 Å². The Morgan fingerprint density at radius 3 is 2.74 bits per heavy atom. The van der Waals surface area contributed by atoms with Crippen LogP contribution in [0.15, 0.2) is 24.4 Å². The second-order valence-electron chi connectivity index (χ2n) is 4.44. The van der Waals surface area contributed by atoms with E-state index >= 15 is 0 Å². The van der Waals surface area contributed by atoms with E-state index in [4.69, 9.17) is 21.6 Å². The summed E-state index contributed by atoms with van der Waals surface area (Å²) >= 11 is 6.03. The summed E-state index contributed by atoms with van der Waals surface area (Å²) in [7, 11) is 1.59. The molecule has 0 radical (unpaired) electrons. The fourth-order valence-electron chi connectivity index (χ4n) is 2.02. The van der Waals surface area contributed by atoms with Gasteiger partial charge in [-0.25, -0.2) is 4.68 Å². The van der Waals surface area contributed by atoms with E-state index in [1.807, 2.05) is 13.8 Å². The average Bonchev–Trinajstić information content (AvgIpc) is 2.82. The van der Waals surface area contributed by atoms with Gasteiger partial charge in [-0.05, 0) is 24.1 Å². The van der Waals surface area contributed by atoms with E-state index in [1.54, 1.807) is 36.2 Å². The van der Waals surface area contributed by atoms with E-state index in [0.717, 1.165) is 11.4 Å². The second kappa shape index (κ2) is 5.33. The molecule has 19 heavy (non-hydrogen) atoms. The molecule has 0 spiro atoms. The van der Waals surface area contributed by atoms with Crippen LogP contribution in [-0.4, -0.2) is 16.9 Å². The van der Waals surface area contributed by atoms with Crippen molar-refractivity contribution in [3.05, 3.63) is 40.7 Å². The zero-order valence-corrected chi connectivity index (χ0v) is 11.8. The van der Waals surface area contributed by atoms with Crippen LogP contribution in [0.4, 0.5) is 0 Å². The summed E-state index contributed by atoms with van der Waals surface area (Å²) in [5.74, 6) is 0.833. The van der Waals surface area contributed by atoms with Gasteiger partial charge in [0.15, 0.2) is 0 Å². The molecule has 2 rings (SSSR count). The van der Waals surface area contributed by atoms with Gasteiger partial charge in [-0.3, -0.25) is 0 Å². The molecular weight excluding hydrogens is 262 g/mol. The first-order valence-corrected chi connectivity index (χ1v) is 6.28. The maximum Gasteiger partial charge on any atom is 0.144 e. The Bertz CT molecular complexity index is 641. The summed E-state index contributed by atoms with van der Waals surface area (Å²) in [6.07, 6.45) is 1.57. The Labute approximate surface area is 117 Å². The number of rotatable bonds is 3. The standard InChI is InChI=1S/C14H14ClN3O/c1-9(2)14-10(7-16)8-17-18(14)12-6-11(15)4-5-13(12)19-3/h4-6,8-9H,1-3H3. The number of hydrogen-bond acceptors (Lipinski definition) is 3. The third-order valence-electron chi connectivity index (χ3n) is 2.84. The molecular formula is C14H14ClN3O. The number of ether oxygens (including phenoxy) is 1. The molecule has 0 bridgehead atoms. The first-order chi connectivity index (χ1) is 9.08. The fourth-order valence-corrected chi connectivity index (χ4v) is 2.19. The van der Waals surface area contributed by atoms with E-state index in [0.29, 0.717) is 16.3 Å². The van der Waals surface area contributed by atoms with Crippen molar-refractivity contribution in [2.24, 2.45) is 0 Å². The highest BCUT2D eigenvalue weighted by molar-refractivity contribution is 6.30. The average molecular weight is 276 g/mol. The predicted molar refractivity (Wildman–Crippen MR) is 73.9 cm³/mol. The molecule has 0 saturated heterocycles. The largest absolute Gasteiger partial charge is 0.494 e. The summed E-state index contributed by atoms with van der Waals surface area (Å²) in [6.45, 7) is 4.04. The topological polar surface area (TPSA) is 50.8 Å². The molecule has 0 saturated carbocycles. The molecule has 0 aliphatic rings. The SMILES string of the molecule is COc1ccc(Cl)cc1-n1ncc(C#N)c1C(C)C. The quantitative estimate of drug-likeness (QED) is 0.861.